The number of carbonyl (C=O) groups excluding carboxylic acids is 1. The second-order valence-corrected chi connectivity index (χ2v) is 6.80. The van der Waals surface area contributed by atoms with Gasteiger partial charge in [-0.1, -0.05) is 41.5 Å². The molecule has 0 aliphatic carbocycles. The smallest absolute Gasteiger partial charge is 0.241 e. The van der Waals surface area contributed by atoms with Crippen LogP contribution in [0.5, 0.6) is 0 Å². The minimum absolute atomic E-state index is 0.0916. The van der Waals surface area contributed by atoms with Gasteiger partial charge in [0.25, 0.3) is 0 Å². The lowest BCUT2D eigenvalue weighted by Gasteiger charge is -2.33. The number of aliphatic hydroxyl groups excluding tert-OH is 1. The predicted molar refractivity (Wildman–Crippen MR) is 79.5 cm³/mol. The fraction of sp³-hybridized carbons (Fsp3) is 0.857. The molecule has 0 aliphatic rings. The van der Waals surface area contributed by atoms with Crippen molar-refractivity contribution in [2.75, 3.05) is 6.54 Å². The summed E-state index contributed by atoms with van der Waals surface area (Å²) < 4.78 is 1.51. The highest BCUT2D eigenvalue weighted by atomic mass is 16.3. The van der Waals surface area contributed by atoms with Crippen molar-refractivity contribution in [3.8, 4) is 0 Å². The molecular weight excluding hydrogens is 270 g/mol. The Hall–Kier alpha value is -1.50. The van der Waals surface area contributed by atoms with Gasteiger partial charge in [-0.3, -0.25) is 4.79 Å². The van der Waals surface area contributed by atoms with E-state index in [4.69, 9.17) is 0 Å². The summed E-state index contributed by atoms with van der Waals surface area (Å²) in [6, 6.07) is 0. The Labute approximate surface area is 126 Å². The van der Waals surface area contributed by atoms with Gasteiger partial charge in [0.2, 0.25) is 5.91 Å². The molecule has 0 aromatic carbocycles. The fourth-order valence-electron chi connectivity index (χ4n) is 2.26. The number of rotatable bonds is 7. The van der Waals surface area contributed by atoms with Crippen molar-refractivity contribution < 1.29 is 9.90 Å². The van der Waals surface area contributed by atoms with Gasteiger partial charge in [0.1, 0.15) is 6.54 Å². The molecule has 1 amide bonds. The summed E-state index contributed by atoms with van der Waals surface area (Å²) in [5.41, 5.74) is -0.384. The Morgan fingerprint density at radius 1 is 1.33 bits per heavy atom. The number of amides is 1. The minimum atomic E-state index is -0.475. The standard InChI is InChI=1S/C14H27N5O2/c1-9(2)12(21)14(5,6)8-15-11(20)7-19-13(10(3)4)16-17-18-19/h9-10,12,21H,7-8H2,1-6H3,(H,15,20). The summed E-state index contributed by atoms with van der Waals surface area (Å²) >= 11 is 0. The van der Waals surface area contributed by atoms with Crippen LogP contribution in [0.3, 0.4) is 0 Å². The van der Waals surface area contributed by atoms with Gasteiger partial charge >= 0.3 is 0 Å². The molecular formula is C14H27N5O2. The molecule has 1 atom stereocenters. The van der Waals surface area contributed by atoms with Crippen LogP contribution >= 0.6 is 0 Å². The highest BCUT2D eigenvalue weighted by Crippen LogP contribution is 2.25. The molecule has 0 aliphatic heterocycles. The molecule has 1 heterocycles. The van der Waals surface area contributed by atoms with E-state index in [9.17, 15) is 9.90 Å². The number of aliphatic hydroxyl groups is 1. The third kappa shape index (κ3) is 4.77. The second-order valence-electron chi connectivity index (χ2n) is 6.80. The Kier molecular flexibility index (Phi) is 5.83. The molecule has 2 N–H and O–H groups in total. The van der Waals surface area contributed by atoms with Gasteiger partial charge < -0.3 is 10.4 Å². The maximum absolute atomic E-state index is 12.0. The third-order valence-electron chi connectivity index (χ3n) is 3.54. The van der Waals surface area contributed by atoms with Crippen LogP contribution in [-0.4, -0.2) is 43.9 Å². The molecule has 1 rings (SSSR count). The normalized spacial score (nSPS) is 13.8. The van der Waals surface area contributed by atoms with E-state index in [1.807, 2.05) is 41.5 Å². The van der Waals surface area contributed by atoms with E-state index in [0.29, 0.717) is 12.4 Å². The Balaban J connectivity index is 2.57. The molecule has 0 fully saturated rings. The Bertz CT molecular complexity index is 468. The molecule has 0 spiro atoms. The average molecular weight is 297 g/mol. The van der Waals surface area contributed by atoms with Crippen LogP contribution in [0.2, 0.25) is 0 Å². The summed E-state index contributed by atoms with van der Waals surface area (Å²) in [6.07, 6.45) is -0.475. The summed E-state index contributed by atoms with van der Waals surface area (Å²) in [5, 5.41) is 24.3. The molecule has 0 saturated heterocycles. The Morgan fingerprint density at radius 3 is 2.48 bits per heavy atom. The lowest BCUT2D eigenvalue weighted by atomic mass is 9.81. The molecule has 0 saturated carbocycles. The summed E-state index contributed by atoms with van der Waals surface area (Å²) in [5.74, 6) is 0.829. The average Bonchev–Trinajstić information content (AvgIpc) is 2.83. The van der Waals surface area contributed by atoms with Gasteiger partial charge in [0, 0.05) is 17.9 Å². The van der Waals surface area contributed by atoms with Crippen LogP contribution in [0.15, 0.2) is 0 Å². The zero-order chi connectivity index (χ0) is 16.2. The van der Waals surface area contributed by atoms with Crippen LogP contribution in [0, 0.1) is 11.3 Å². The lowest BCUT2D eigenvalue weighted by Crippen LogP contribution is -2.44. The van der Waals surface area contributed by atoms with E-state index in [1.165, 1.54) is 4.68 Å². The Morgan fingerprint density at radius 2 is 1.95 bits per heavy atom. The molecule has 0 radical (unpaired) electrons. The van der Waals surface area contributed by atoms with Crippen LogP contribution in [-0.2, 0) is 11.3 Å². The third-order valence-corrected chi connectivity index (χ3v) is 3.54. The number of aromatic nitrogens is 4. The summed E-state index contributed by atoms with van der Waals surface area (Å²) in [6.45, 7) is 12.3. The van der Waals surface area contributed by atoms with Crippen molar-refractivity contribution in [3.05, 3.63) is 5.82 Å². The van der Waals surface area contributed by atoms with Crippen molar-refractivity contribution in [1.82, 2.24) is 25.5 Å². The topological polar surface area (TPSA) is 92.9 Å². The minimum Gasteiger partial charge on any atom is -0.392 e. The van der Waals surface area contributed by atoms with Gasteiger partial charge in [-0.2, -0.15) is 0 Å². The zero-order valence-corrected chi connectivity index (χ0v) is 13.8. The largest absolute Gasteiger partial charge is 0.392 e. The number of hydrogen-bond donors (Lipinski definition) is 2. The molecule has 0 bridgehead atoms. The van der Waals surface area contributed by atoms with Crippen molar-refractivity contribution in [3.63, 3.8) is 0 Å². The monoisotopic (exact) mass is 297 g/mol. The summed E-state index contributed by atoms with van der Waals surface area (Å²) in [4.78, 5) is 12.0. The van der Waals surface area contributed by atoms with E-state index >= 15 is 0 Å². The van der Waals surface area contributed by atoms with Gasteiger partial charge in [-0.15, -0.1) is 5.10 Å². The first-order chi connectivity index (χ1) is 9.65. The van der Waals surface area contributed by atoms with Gasteiger partial charge in [0.05, 0.1) is 6.10 Å². The van der Waals surface area contributed by atoms with Crippen LogP contribution in [0.4, 0.5) is 0 Å². The number of nitrogens with zero attached hydrogens (tertiary/aromatic N) is 4. The number of nitrogens with one attached hydrogen (secondary N) is 1. The van der Waals surface area contributed by atoms with Crippen molar-refractivity contribution in [2.45, 2.75) is 60.1 Å². The quantitative estimate of drug-likeness (QED) is 0.782. The molecule has 1 aromatic heterocycles. The van der Waals surface area contributed by atoms with Crippen molar-refractivity contribution in [1.29, 1.82) is 0 Å². The maximum Gasteiger partial charge on any atom is 0.241 e. The highest BCUT2D eigenvalue weighted by Gasteiger charge is 2.30. The first kappa shape index (κ1) is 17.6. The number of hydrogen-bond acceptors (Lipinski definition) is 5. The summed E-state index contributed by atoms with van der Waals surface area (Å²) in [7, 11) is 0. The molecule has 7 heteroatoms. The van der Waals surface area contributed by atoms with Crippen LogP contribution < -0.4 is 5.32 Å². The van der Waals surface area contributed by atoms with Crippen molar-refractivity contribution in [2.24, 2.45) is 11.3 Å². The maximum atomic E-state index is 12.0. The van der Waals surface area contributed by atoms with Gasteiger partial charge in [0.15, 0.2) is 5.82 Å². The van der Waals surface area contributed by atoms with Gasteiger partial charge in [-0.25, -0.2) is 4.68 Å². The molecule has 1 aromatic rings. The van der Waals surface area contributed by atoms with Crippen LogP contribution in [0.1, 0.15) is 53.3 Å². The van der Waals surface area contributed by atoms with E-state index in [-0.39, 0.29) is 29.7 Å². The SMILES string of the molecule is CC(C)c1nnnn1CC(=O)NCC(C)(C)C(O)C(C)C. The lowest BCUT2D eigenvalue weighted by molar-refractivity contribution is -0.122. The van der Waals surface area contributed by atoms with E-state index in [1.54, 1.807) is 0 Å². The zero-order valence-electron chi connectivity index (χ0n) is 13.8. The number of carbonyl (C=O) groups is 1. The molecule has 7 nitrogen and oxygen atoms in total. The van der Waals surface area contributed by atoms with Crippen LogP contribution in [0.25, 0.3) is 0 Å². The first-order valence-corrected chi connectivity index (χ1v) is 7.36. The van der Waals surface area contributed by atoms with E-state index in [2.05, 4.69) is 20.8 Å². The fourth-order valence-corrected chi connectivity index (χ4v) is 2.26. The predicted octanol–water partition coefficient (Wildman–Crippen LogP) is 0.956. The highest BCUT2D eigenvalue weighted by molar-refractivity contribution is 5.75. The second kappa shape index (κ2) is 6.98. The first-order valence-electron chi connectivity index (χ1n) is 7.36. The van der Waals surface area contributed by atoms with Crippen molar-refractivity contribution >= 4 is 5.91 Å². The molecule has 1 unspecified atom stereocenters. The van der Waals surface area contributed by atoms with E-state index < -0.39 is 6.10 Å². The molecule has 120 valence electrons. The van der Waals surface area contributed by atoms with Gasteiger partial charge in [-0.05, 0) is 16.3 Å². The number of tetrazole rings is 1. The molecule has 21 heavy (non-hydrogen) atoms. The van der Waals surface area contributed by atoms with E-state index in [0.717, 1.165) is 0 Å².